The molecule has 21 heavy (non-hydrogen) atoms. The monoisotopic (exact) mass is 302 g/mol. The minimum atomic E-state index is -0.591. The summed E-state index contributed by atoms with van der Waals surface area (Å²) in [5, 5.41) is 22.0. The molecule has 1 heterocycles. The number of pyridine rings is 1. The molecule has 0 fully saturated rings. The fourth-order valence-corrected chi connectivity index (χ4v) is 1.67. The van der Waals surface area contributed by atoms with Crippen molar-refractivity contribution >= 4 is 28.9 Å². The number of nitrogens with one attached hydrogen (secondary N) is 1. The molecule has 0 atom stereocenters. The lowest BCUT2D eigenvalue weighted by Gasteiger charge is -2.06. The Hall–Kier alpha value is -2.98. The predicted octanol–water partition coefficient (Wildman–Crippen LogP) is 2.77. The van der Waals surface area contributed by atoms with Crippen molar-refractivity contribution in [2.45, 2.75) is 0 Å². The second-order valence-electron chi connectivity index (χ2n) is 3.92. The first kappa shape index (κ1) is 14.4. The Morgan fingerprint density at radius 2 is 2.14 bits per heavy atom. The van der Waals surface area contributed by atoms with Gasteiger partial charge in [0.15, 0.2) is 0 Å². The summed E-state index contributed by atoms with van der Waals surface area (Å²) < 4.78 is 0. The standard InChI is InChI=1S/C13H7ClN4O3/c14-10-3-2-9(18(20)21)5-12(10)17-13(19)11-4-1-8(6-15)7-16-11/h1-5,7H,(H,17,19). The van der Waals surface area contributed by atoms with Crippen LogP contribution < -0.4 is 5.32 Å². The number of nitro benzene ring substituents is 1. The molecule has 1 N–H and O–H groups in total. The van der Waals surface area contributed by atoms with Crippen LogP contribution >= 0.6 is 11.6 Å². The highest BCUT2D eigenvalue weighted by atomic mass is 35.5. The number of halogens is 1. The third-order valence-electron chi connectivity index (χ3n) is 2.53. The van der Waals surface area contributed by atoms with Crippen molar-refractivity contribution in [3.05, 3.63) is 62.9 Å². The summed E-state index contributed by atoms with van der Waals surface area (Å²) in [7, 11) is 0. The van der Waals surface area contributed by atoms with Gasteiger partial charge in [0.25, 0.3) is 11.6 Å². The maximum atomic E-state index is 12.0. The molecular weight excluding hydrogens is 296 g/mol. The molecule has 7 nitrogen and oxygen atoms in total. The highest BCUT2D eigenvalue weighted by Gasteiger charge is 2.14. The molecule has 0 aliphatic rings. The number of carbonyl (C=O) groups is 1. The molecule has 0 aliphatic carbocycles. The lowest BCUT2D eigenvalue weighted by molar-refractivity contribution is -0.384. The minimum Gasteiger partial charge on any atom is -0.319 e. The zero-order valence-corrected chi connectivity index (χ0v) is 11.2. The minimum absolute atomic E-state index is 0.0663. The Morgan fingerprint density at radius 1 is 1.38 bits per heavy atom. The van der Waals surface area contributed by atoms with Crippen molar-refractivity contribution in [1.82, 2.24) is 4.98 Å². The maximum Gasteiger partial charge on any atom is 0.274 e. The van der Waals surface area contributed by atoms with Crippen molar-refractivity contribution in [3.63, 3.8) is 0 Å². The first-order chi connectivity index (χ1) is 10.0. The lowest BCUT2D eigenvalue weighted by atomic mass is 10.2. The van der Waals surface area contributed by atoms with Crippen LogP contribution in [-0.2, 0) is 0 Å². The van der Waals surface area contributed by atoms with Crippen LogP contribution in [0.4, 0.5) is 11.4 Å². The van der Waals surface area contributed by atoms with Crippen molar-refractivity contribution in [2.75, 3.05) is 5.32 Å². The average Bonchev–Trinajstić information content (AvgIpc) is 2.49. The zero-order chi connectivity index (χ0) is 15.4. The summed E-state index contributed by atoms with van der Waals surface area (Å²) in [5.41, 5.74) is 0.306. The van der Waals surface area contributed by atoms with Gasteiger partial charge >= 0.3 is 0 Å². The first-order valence-corrected chi connectivity index (χ1v) is 6.00. The average molecular weight is 303 g/mol. The maximum absolute atomic E-state index is 12.0. The summed E-state index contributed by atoms with van der Waals surface area (Å²) in [4.78, 5) is 25.9. The van der Waals surface area contributed by atoms with E-state index in [1.807, 2.05) is 6.07 Å². The van der Waals surface area contributed by atoms with E-state index in [4.69, 9.17) is 16.9 Å². The van der Waals surface area contributed by atoms with Gasteiger partial charge in [-0.3, -0.25) is 14.9 Å². The third kappa shape index (κ3) is 3.32. The highest BCUT2D eigenvalue weighted by Crippen LogP contribution is 2.26. The van der Waals surface area contributed by atoms with Gasteiger partial charge < -0.3 is 5.32 Å². The normalized spacial score (nSPS) is 9.71. The number of hydrogen-bond acceptors (Lipinski definition) is 5. The predicted molar refractivity (Wildman–Crippen MR) is 75.0 cm³/mol. The number of aromatic nitrogens is 1. The zero-order valence-electron chi connectivity index (χ0n) is 10.4. The van der Waals surface area contributed by atoms with Crippen LogP contribution in [0.25, 0.3) is 0 Å². The van der Waals surface area contributed by atoms with Crippen LogP contribution in [0.15, 0.2) is 36.5 Å². The molecule has 8 heteroatoms. The molecule has 0 aliphatic heterocycles. The molecule has 1 aromatic heterocycles. The number of anilines is 1. The number of nitro groups is 1. The first-order valence-electron chi connectivity index (χ1n) is 5.62. The van der Waals surface area contributed by atoms with E-state index in [9.17, 15) is 14.9 Å². The van der Waals surface area contributed by atoms with Crippen LogP contribution in [0.1, 0.15) is 16.1 Å². The van der Waals surface area contributed by atoms with Gasteiger partial charge in [-0.1, -0.05) is 11.6 Å². The van der Waals surface area contributed by atoms with Crippen molar-refractivity contribution in [3.8, 4) is 6.07 Å². The van der Waals surface area contributed by atoms with Crippen LogP contribution in [-0.4, -0.2) is 15.8 Å². The number of non-ortho nitro benzene ring substituents is 1. The summed E-state index contributed by atoms with van der Waals surface area (Å²) in [6.07, 6.45) is 1.25. The summed E-state index contributed by atoms with van der Waals surface area (Å²) in [5.74, 6) is -0.582. The molecular formula is C13H7ClN4O3. The fraction of sp³-hybridized carbons (Fsp3) is 0. The quantitative estimate of drug-likeness (QED) is 0.692. The van der Waals surface area contributed by atoms with E-state index in [-0.39, 0.29) is 22.1 Å². The molecule has 0 saturated heterocycles. The number of nitrogens with zero attached hydrogens (tertiary/aromatic N) is 3. The van der Waals surface area contributed by atoms with Crippen LogP contribution in [0, 0.1) is 21.4 Å². The second-order valence-corrected chi connectivity index (χ2v) is 4.33. The Morgan fingerprint density at radius 3 is 2.71 bits per heavy atom. The van der Waals surface area contributed by atoms with E-state index in [1.165, 1.54) is 30.5 Å². The summed E-state index contributed by atoms with van der Waals surface area (Å²) >= 11 is 5.88. The van der Waals surface area contributed by atoms with Crippen LogP contribution in [0.3, 0.4) is 0 Å². The fourth-order valence-electron chi connectivity index (χ4n) is 1.50. The van der Waals surface area contributed by atoms with Crippen molar-refractivity contribution in [2.24, 2.45) is 0 Å². The van der Waals surface area contributed by atoms with Crippen LogP contribution in [0.2, 0.25) is 5.02 Å². The van der Waals surface area contributed by atoms with Crippen molar-refractivity contribution in [1.29, 1.82) is 5.26 Å². The van der Waals surface area contributed by atoms with Gasteiger partial charge in [0.1, 0.15) is 11.8 Å². The number of nitriles is 1. The third-order valence-corrected chi connectivity index (χ3v) is 2.86. The van der Waals surface area contributed by atoms with Gasteiger partial charge in [-0.2, -0.15) is 5.26 Å². The Labute approximate surface area is 123 Å². The number of benzene rings is 1. The topological polar surface area (TPSA) is 109 Å². The van der Waals surface area contributed by atoms with Gasteiger partial charge in [0.2, 0.25) is 0 Å². The smallest absolute Gasteiger partial charge is 0.274 e. The molecule has 2 rings (SSSR count). The lowest BCUT2D eigenvalue weighted by Crippen LogP contribution is -2.14. The molecule has 0 unspecified atom stereocenters. The molecule has 0 bridgehead atoms. The largest absolute Gasteiger partial charge is 0.319 e. The van der Waals surface area contributed by atoms with Crippen LogP contribution in [0.5, 0.6) is 0 Å². The Balaban J connectivity index is 2.24. The van der Waals surface area contributed by atoms with E-state index in [0.29, 0.717) is 5.56 Å². The Bertz CT molecular complexity index is 753. The molecule has 2 aromatic rings. The van der Waals surface area contributed by atoms with E-state index >= 15 is 0 Å². The van der Waals surface area contributed by atoms with E-state index in [0.717, 1.165) is 6.07 Å². The second kappa shape index (κ2) is 5.98. The number of rotatable bonds is 3. The van der Waals surface area contributed by atoms with Gasteiger partial charge in [0.05, 0.1) is 21.2 Å². The van der Waals surface area contributed by atoms with Gasteiger partial charge in [0, 0.05) is 18.3 Å². The van der Waals surface area contributed by atoms with E-state index < -0.39 is 10.8 Å². The van der Waals surface area contributed by atoms with Gasteiger partial charge in [-0.25, -0.2) is 4.98 Å². The molecule has 0 saturated carbocycles. The van der Waals surface area contributed by atoms with Gasteiger partial charge in [-0.05, 0) is 18.2 Å². The number of amides is 1. The van der Waals surface area contributed by atoms with Gasteiger partial charge in [-0.15, -0.1) is 0 Å². The van der Waals surface area contributed by atoms with E-state index in [2.05, 4.69) is 10.3 Å². The highest BCUT2D eigenvalue weighted by molar-refractivity contribution is 6.34. The summed E-state index contributed by atoms with van der Waals surface area (Å²) in [6, 6.07) is 8.41. The molecule has 1 amide bonds. The summed E-state index contributed by atoms with van der Waals surface area (Å²) in [6.45, 7) is 0. The molecule has 104 valence electrons. The van der Waals surface area contributed by atoms with E-state index in [1.54, 1.807) is 0 Å². The number of hydrogen-bond donors (Lipinski definition) is 1. The SMILES string of the molecule is N#Cc1ccc(C(=O)Nc2cc([N+](=O)[O-])ccc2Cl)nc1. The Kier molecular flexibility index (Phi) is 4.11. The molecule has 0 spiro atoms. The van der Waals surface area contributed by atoms with Crippen molar-refractivity contribution < 1.29 is 9.72 Å². The number of carbonyl (C=O) groups excluding carboxylic acids is 1. The molecule has 1 aromatic carbocycles. The molecule has 0 radical (unpaired) electrons.